The van der Waals surface area contributed by atoms with Crippen molar-refractivity contribution in [3.05, 3.63) is 71.6 Å². The fourth-order valence-corrected chi connectivity index (χ4v) is 10.7. The van der Waals surface area contributed by atoms with Crippen molar-refractivity contribution in [2.75, 3.05) is 40.5 Å². The molecule has 4 aromatic rings. The minimum atomic E-state index is -0.933. The van der Waals surface area contributed by atoms with Crippen molar-refractivity contribution in [2.45, 2.75) is 108 Å². The molecule has 2 aromatic heterocycles. The molecule has 2 bridgehead atoms. The first kappa shape index (κ1) is 42.6. The van der Waals surface area contributed by atoms with Crippen molar-refractivity contribution in [1.29, 1.82) is 0 Å². The molecule has 2 unspecified atom stereocenters. The first-order chi connectivity index (χ1) is 30.4. The van der Waals surface area contributed by atoms with Crippen molar-refractivity contribution < 1.29 is 38.1 Å². The third kappa shape index (κ3) is 7.85. The summed E-state index contributed by atoms with van der Waals surface area (Å²) in [5, 5.41) is 5.45. The molecule has 4 fully saturated rings. The van der Waals surface area contributed by atoms with E-state index < -0.39 is 36.1 Å². The van der Waals surface area contributed by atoms with E-state index in [0.29, 0.717) is 43.8 Å². The minimum absolute atomic E-state index is 0.110. The van der Waals surface area contributed by atoms with E-state index in [1.807, 2.05) is 38.8 Å². The van der Waals surface area contributed by atoms with Crippen LogP contribution in [0.5, 0.6) is 0 Å². The highest BCUT2D eigenvalue weighted by Crippen LogP contribution is 2.58. The summed E-state index contributed by atoms with van der Waals surface area (Å²) < 4.78 is 21.8. The Morgan fingerprint density at radius 3 is 1.87 bits per heavy atom. The Kier molecular flexibility index (Phi) is 11.5. The van der Waals surface area contributed by atoms with Crippen molar-refractivity contribution >= 4 is 24.0 Å². The Balaban J connectivity index is 0.955. The number of ether oxygens (including phenoxy) is 4. The van der Waals surface area contributed by atoms with Gasteiger partial charge in [-0.3, -0.25) is 9.59 Å². The molecule has 5 aliphatic rings. The predicted octanol–water partition coefficient (Wildman–Crippen LogP) is 6.94. The maximum atomic E-state index is 14.1. The molecular weight excluding hydrogens is 805 g/mol. The van der Waals surface area contributed by atoms with Crippen molar-refractivity contribution in [3.63, 3.8) is 0 Å². The summed E-state index contributed by atoms with van der Waals surface area (Å²) >= 11 is 0. The van der Waals surface area contributed by atoms with Gasteiger partial charge in [-0.1, -0.05) is 64.1 Å². The largest absolute Gasteiger partial charge is 0.453 e. The molecule has 16 nitrogen and oxygen atoms in total. The van der Waals surface area contributed by atoms with Gasteiger partial charge in [-0.15, -0.1) is 0 Å². The summed E-state index contributed by atoms with van der Waals surface area (Å²) in [4.78, 5) is 72.5. The zero-order chi connectivity index (χ0) is 44.2. The SMILES string of the molecule is COC(=O)N[C@H](C(=O)N1CC2(C[C@H]1c1ncc(-c3ccc(-c4ccc(-c5cnc([C@@H]6CCCN6C(=O)[C@@H](NC(=O)OC)C(C)C)[nH]5)c5c4C4CCC5C4)cc3)[nH]1)OCCO2)C(C)C. The van der Waals surface area contributed by atoms with Crippen LogP contribution in [-0.4, -0.2) is 112 Å². The lowest BCUT2D eigenvalue weighted by Gasteiger charge is -2.30. The molecule has 334 valence electrons. The number of aromatic amines is 2. The molecular formula is C47H58N8O8. The van der Waals surface area contributed by atoms with Gasteiger partial charge in [0.1, 0.15) is 23.7 Å². The Hall–Kier alpha value is -5.74. The second kappa shape index (κ2) is 17.1. The highest BCUT2D eigenvalue weighted by atomic mass is 16.7. The Bertz CT molecular complexity index is 2370. The van der Waals surface area contributed by atoms with Gasteiger partial charge in [-0.25, -0.2) is 19.6 Å². The average molecular weight is 863 g/mol. The van der Waals surface area contributed by atoms with Gasteiger partial charge in [-0.05, 0) is 83.6 Å². The summed E-state index contributed by atoms with van der Waals surface area (Å²) in [6.07, 6.45) is 7.94. The number of aromatic nitrogens is 4. The standard InChI is InChI=1S/C47H58N8O8/c1-25(2)39(52-45(58)60-5)43(56)54-17-7-8-35(54)41-49-23-34(51-41)32-16-15-31(37-29-13-14-30(20-29)38(32)37)27-9-11-28(12-10-27)33-22-48-42(50-33)36-21-47(62-18-19-63-47)24-55(36)44(57)40(26(3)4)53-46(59)61-6/h9-12,15-16,22-23,25-26,29-30,35-36,39-40H,7-8,13-14,17-21,24H2,1-6H3,(H,48,50)(H,49,51)(H,52,58)(H,53,59)/t29?,30?,35-,36-,39-,40-/m0/s1. The van der Waals surface area contributed by atoms with Crippen molar-refractivity contribution in [1.82, 2.24) is 40.4 Å². The van der Waals surface area contributed by atoms with Gasteiger partial charge < -0.3 is 49.3 Å². The molecule has 6 atom stereocenters. The molecule has 63 heavy (non-hydrogen) atoms. The van der Waals surface area contributed by atoms with E-state index in [-0.39, 0.29) is 36.2 Å². The van der Waals surface area contributed by atoms with Crippen LogP contribution in [0.25, 0.3) is 33.6 Å². The smallest absolute Gasteiger partial charge is 0.407 e. The molecule has 1 saturated carbocycles. The number of fused-ring (bicyclic) bond motifs is 5. The van der Waals surface area contributed by atoms with E-state index in [1.165, 1.54) is 42.9 Å². The highest BCUT2D eigenvalue weighted by molar-refractivity contribution is 5.87. The van der Waals surface area contributed by atoms with Gasteiger partial charge in [0.15, 0.2) is 5.79 Å². The number of carbonyl (C=O) groups excluding carboxylic acids is 4. The van der Waals surface area contributed by atoms with Gasteiger partial charge >= 0.3 is 12.2 Å². The third-order valence-electron chi connectivity index (χ3n) is 13.9. The molecule has 3 saturated heterocycles. The van der Waals surface area contributed by atoms with Crippen LogP contribution in [0.2, 0.25) is 0 Å². The number of benzene rings is 2. The molecule has 2 aliphatic carbocycles. The molecule has 16 heteroatoms. The lowest BCUT2D eigenvalue weighted by molar-refractivity contribution is -0.153. The highest BCUT2D eigenvalue weighted by Gasteiger charge is 2.53. The van der Waals surface area contributed by atoms with E-state index in [0.717, 1.165) is 54.0 Å². The molecule has 1 spiro atoms. The third-order valence-corrected chi connectivity index (χ3v) is 13.9. The van der Waals surface area contributed by atoms with Crippen LogP contribution in [0, 0.1) is 11.8 Å². The van der Waals surface area contributed by atoms with Crippen LogP contribution in [0.4, 0.5) is 9.59 Å². The number of hydrogen-bond donors (Lipinski definition) is 4. The summed E-state index contributed by atoms with van der Waals surface area (Å²) in [7, 11) is 2.58. The number of methoxy groups -OCH3 is 2. The molecule has 4 N–H and O–H groups in total. The van der Waals surface area contributed by atoms with Crippen molar-refractivity contribution in [2.24, 2.45) is 11.8 Å². The molecule has 4 amide bonds. The molecule has 0 radical (unpaired) electrons. The van der Waals surface area contributed by atoms with Gasteiger partial charge in [0.05, 0.1) is 69.8 Å². The van der Waals surface area contributed by atoms with E-state index in [4.69, 9.17) is 28.9 Å². The van der Waals surface area contributed by atoms with Crippen LogP contribution in [0.15, 0.2) is 48.8 Å². The van der Waals surface area contributed by atoms with E-state index in [1.54, 1.807) is 11.1 Å². The number of nitrogens with one attached hydrogen (secondary N) is 4. The number of carbonyl (C=O) groups is 4. The molecule has 3 aliphatic heterocycles. The fraction of sp³-hybridized carbons (Fsp3) is 0.532. The monoisotopic (exact) mass is 862 g/mol. The maximum Gasteiger partial charge on any atom is 0.407 e. The van der Waals surface area contributed by atoms with E-state index in [9.17, 15) is 19.2 Å². The van der Waals surface area contributed by atoms with Gasteiger partial charge in [0.25, 0.3) is 0 Å². The lowest BCUT2D eigenvalue weighted by Crippen LogP contribution is -2.52. The fourth-order valence-electron chi connectivity index (χ4n) is 10.7. The minimum Gasteiger partial charge on any atom is -0.453 e. The zero-order valence-electron chi connectivity index (χ0n) is 36.9. The second-order valence-corrected chi connectivity index (χ2v) is 18.3. The van der Waals surface area contributed by atoms with Gasteiger partial charge in [-0.2, -0.15) is 0 Å². The predicted molar refractivity (Wildman–Crippen MR) is 232 cm³/mol. The average Bonchev–Trinajstić information content (AvgIpc) is 4.15. The van der Waals surface area contributed by atoms with Gasteiger partial charge in [0, 0.05) is 18.5 Å². The summed E-state index contributed by atoms with van der Waals surface area (Å²) in [5.74, 6) is 0.732. The van der Waals surface area contributed by atoms with E-state index >= 15 is 0 Å². The first-order valence-corrected chi connectivity index (χ1v) is 22.3. The van der Waals surface area contributed by atoms with Crippen molar-refractivity contribution in [3.8, 4) is 33.6 Å². The zero-order valence-corrected chi connectivity index (χ0v) is 36.9. The normalized spacial score (nSPS) is 23.1. The molecule has 9 rings (SSSR count). The summed E-state index contributed by atoms with van der Waals surface area (Å²) in [5.41, 5.74) is 9.10. The van der Waals surface area contributed by atoms with Crippen LogP contribution < -0.4 is 10.6 Å². The number of H-pyrrole nitrogens is 2. The number of imidazole rings is 2. The number of hydrogen-bond acceptors (Lipinski definition) is 10. The van der Waals surface area contributed by atoms with Crippen LogP contribution in [0.3, 0.4) is 0 Å². The topological polar surface area (TPSA) is 193 Å². The van der Waals surface area contributed by atoms with E-state index in [2.05, 4.69) is 57.0 Å². The Morgan fingerprint density at radius 1 is 0.714 bits per heavy atom. The summed E-state index contributed by atoms with van der Waals surface area (Å²) in [6.45, 7) is 9.30. The molecule has 5 heterocycles. The summed E-state index contributed by atoms with van der Waals surface area (Å²) in [6, 6.07) is 10.9. The van der Waals surface area contributed by atoms with Gasteiger partial charge in [0.2, 0.25) is 11.8 Å². The number of amides is 4. The Morgan fingerprint density at radius 2 is 1.25 bits per heavy atom. The lowest BCUT2D eigenvalue weighted by atomic mass is 9.82. The Labute approximate surface area is 367 Å². The number of rotatable bonds is 11. The number of nitrogens with zero attached hydrogens (tertiary/aromatic N) is 4. The quantitative estimate of drug-likeness (QED) is 0.123. The molecule has 2 aromatic carbocycles. The first-order valence-electron chi connectivity index (χ1n) is 22.3. The van der Waals surface area contributed by atoms with Crippen LogP contribution in [-0.2, 0) is 28.5 Å². The number of alkyl carbamates (subject to hydrolysis) is 2. The van der Waals surface area contributed by atoms with Crippen LogP contribution in [0.1, 0.15) is 113 Å². The number of likely N-dealkylation sites (tertiary alicyclic amines) is 2. The second-order valence-electron chi connectivity index (χ2n) is 18.3. The maximum absolute atomic E-state index is 14.1. The van der Waals surface area contributed by atoms with Crippen LogP contribution >= 0.6 is 0 Å².